The van der Waals surface area contributed by atoms with Gasteiger partial charge in [0.05, 0.1) is 12.0 Å². The molecule has 1 fully saturated rings. The Morgan fingerprint density at radius 3 is 2.35 bits per heavy atom. The molecule has 0 unspecified atom stereocenters. The topological polar surface area (TPSA) is 58.8 Å². The minimum Gasteiger partial charge on any atom is -0.383 e. The highest BCUT2D eigenvalue weighted by Crippen LogP contribution is 2.38. The Morgan fingerprint density at radius 2 is 1.85 bits per heavy atom. The lowest BCUT2D eigenvalue weighted by Crippen LogP contribution is -2.48. The lowest BCUT2D eigenvalue weighted by molar-refractivity contribution is -0.142. The van der Waals surface area contributed by atoms with E-state index < -0.39 is 0 Å². The molecule has 1 saturated carbocycles. The molecule has 118 valence electrons. The van der Waals surface area contributed by atoms with E-state index in [1.807, 2.05) is 4.90 Å². The molecule has 0 aromatic rings. The van der Waals surface area contributed by atoms with Crippen LogP contribution in [0.5, 0.6) is 0 Å². The van der Waals surface area contributed by atoms with Gasteiger partial charge < -0.3 is 20.3 Å². The van der Waals surface area contributed by atoms with Crippen molar-refractivity contribution < 1.29 is 9.53 Å². The Kier molecular flexibility index (Phi) is 7.48. The first-order valence-corrected chi connectivity index (χ1v) is 7.69. The van der Waals surface area contributed by atoms with Crippen LogP contribution in [0, 0.1) is 5.41 Å². The predicted octanol–water partition coefficient (Wildman–Crippen LogP) is 0.932. The summed E-state index contributed by atoms with van der Waals surface area (Å²) in [5.74, 6) is 0.244. The second-order valence-electron chi connectivity index (χ2n) is 6.13. The summed E-state index contributed by atoms with van der Waals surface area (Å²) in [6.45, 7) is 3.52. The Bertz CT molecular complexity index is 289. The first kappa shape index (κ1) is 17.4. The number of nitrogens with two attached hydrogens (primary N) is 1. The highest BCUT2D eigenvalue weighted by atomic mass is 16.5. The molecule has 1 aliphatic rings. The number of hydrogen-bond donors (Lipinski definition) is 1. The van der Waals surface area contributed by atoms with E-state index in [2.05, 4.69) is 19.0 Å². The van der Waals surface area contributed by atoms with E-state index in [1.54, 1.807) is 7.11 Å². The molecular formula is C15H31N3O2. The summed E-state index contributed by atoms with van der Waals surface area (Å²) in [5.41, 5.74) is 5.63. The van der Waals surface area contributed by atoms with Gasteiger partial charge in [-0.1, -0.05) is 12.8 Å². The summed E-state index contributed by atoms with van der Waals surface area (Å²) < 4.78 is 5.14. The van der Waals surface area contributed by atoms with Gasteiger partial charge >= 0.3 is 0 Å². The van der Waals surface area contributed by atoms with Gasteiger partial charge in [-0.25, -0.2) is 0 Å². The van der Waals surface area contributed by atoms with Crippen molar-refractivity contribution in [3.63, 3.8) is 0 Å². The van der Waals surface area contributed by atoms with Crippen molar-refractivity contribution in [3.05, 3.63) is 0 Å². The minimum atomic E-state index is -0.300. The third-order valence-corrected chi connectivity index (χ3v) is 4.29. The van der Waals surface area contributed by atoms with E-state index >= 15 is 0 Å². The second-order valence-corrected chi connectivity index (χ2v) is 6.13. The lowest BCUT2D eigenvalue weighted by atomic mass is 9.84. The zero-order chi connectivity index (χ0) is 15.0. The first-order chi connectivity index (χ1) is 9.55. The van der Waals surface area contributed by atoms with Crippen LogP contribution in [0.1, 0.15) is 32.1 Å². The van der Waals surface area contributed by atoms with Crippen molar-refractivity contribution in [3.8, 4) is 0 Å². The minimum absolute atomic E-state index is 0.244. The molecule has 0 bridgehead atoms. The third kappa shape index (κ3) is 4.72. The molecule has 0 saturated heterocycles. The number of methoxy groups -OCH3 is 1. The predicted molar refractivity (Wildman–Crippen MR) is 81.6 cm³/mol. The molecule has 1 amide bonds. The zero-order valence-corrected chi connectivity index (χ0v) is 13.4. The fourth-order valence-electron chi connectivity index (χ4n) is 2.99. The number of carbonyl (C=O) groups is 1. The summed E-state index contributed by atoms with van der Waals surface area (Å²) in [6.07, 6.45) is 5.12. The molecule has 5 nitrogen and oxygen atoms in total. The van der Waals surface area contributed by atoms with Crippen molar-refractivity contribution in [2.45, 2.75) is 32.1 Å². The second kappa shape index (κ2) is 8.60. The largest absolute Gasteiger partial charge is 0.383 e. The Labute approximate surface area is 123 Å². The fourth-order valence-corrected chi connectivity index (χ4v) is 2.99. The maximum absolute atomic E-state index is 12.9. The number of rotatable bonds is 9. The lowest BCUT2D eigenvalue weighted by Gasteiger charge is -2.33. The number of carbonyl (C=O) groups excluding carboxylic acids is 1. The number of amides is 1. The van der Waals surface area contributed by atoms with Crippen LogP contribution in [-0.2, 0) is 9.53 Å². The average Bonchev–Trinajstić information content (AvgIpc) is 2.91. The van der Waals surface area contributed by atoms with E-state index in [-0.39, 0.29) is 11.3 Å². The molecule has 0 spiro atoms. The van der Waals surface area contributed by atoms with Crippen molar-refractivity contribution in [1.82, 2.24) is 9.80 Å². The van der Waals surface area contributed by atoms with Crippen LogP contribution in [0.2, 0.25) is 0 Å². The van der Waals surface area contributed by atoms with Crippen LogP contribution >= 0.6 is 0 Å². The molecule has 1 rings (SSSR count). The third-order valence-electron chi connectivity index (χ3n) is 4.29. The molecule has 5 heteroatoms. The molecule has 2 N–H and O–H groups in total. The van der Waals surface area contributed by atoms with Gasteiger partial charge in [-0.2, -0.15) is 0 Å². The molecule has 0 radical (unpaired) electrons. The maximum Gasteiger partial charge on any atom is 0.230 e. The van der Waals surface area contributed by atoms with E-state index in [4.69, 9.17) is 10.5 Å². The summed E-state index contributed by atoms with van der Waals surface area (Å²) in [4.78, 5) is 17.0. The van der Waals surface area contributed by atoms with Crippen LogP contribution in [0.3, 0.4) is 0 Å². The molecule has 0 heterocycles. The summed E-state index contributed by atoms with van der Waals surface area (Å²) in [7, 11) is 5.79. The quantitative estimate of drug-likeness (QED) is 0.685. The van der Waals surface area contributed by atoms with Gasteiger partial charge in [-0.3, -0.25) is 4.79 Å². The molecule has 1 aliphatic carbocycles. The van der Waals surface area contributed by atoms with E-state index in [9.17, 15) is 4.79 Å². The Balaban J connectivity index is 2.62. The van der Waals surface area contributed by atoms with Crippen LogP contribution in [0.15, 0.2) is 0 Å². The maximum atomic E-state index is 12.9. The van der Waals surface area contributed by atoms with Gasteiger partial charge in [-0.15, -0.1) is 0 Å². The summed E-state index contributed by atoms with van der Waals surface area (Å²) >= 11 is 0. The molecule has 0 aromatic carbocycles. The number of nitrogens with zero attached hydrogens (tertiary/aromatic N) is 2. The van der Waals surface area contributed by atoms with Gasteiger partial charge in [0, 0.05) is 26.7 Å². The zero-order valence-electron chi connectivity index (χ0n) is 13.4. The van der Waals surface area contributed by atoms with Crippen LogP contribution in [0.4, 0.5) is 0 Å². The van der Waals surface area contributed by atoms with Gasteiger partial charge in [0.15, 0.2) is 0 Å². The van der Waals surface area contributed by atoms with E-state index in [0.29, 0.717) is 19.7 Å². The molecule has 0 atom stereocenters. The summed E-state index contributed by atoms with van der Waals surface area (Å²) in [5, 5.41) is 0. The van der Waals surface area contributed by atoms with Gasteiger partial charge in [0.2, 0.25) is 5.91 Å². The number of hydrogen-bond acceptors (Lipinski definition) is 4. The monoisotopic (exact) mass is 285 g/mol. The average molecular weight is 285 g/mol. The Hall–Kier alpha value is -0.650. The van der Waals surface area contributed by atoms with Gasteiger partial charge in [0.1, 0.15) is 0 Å². The van der Waals surface area contributed by atoms with Crippen LogP contribution in [0.25, 0.3) is 0 Å². The Morgan fingerprint density at radius 1 is 1.20 bits per heavy atom. The smallest absolute Gasteiger partial charge is 0.230 e. The molecule has 0 aromatic heterocycles. The highest BCUT2D eigenvalue weighted by molar-refractivity contribution is 5.83. The SMILES string of the molecule is COCCN(CCCN(C)C)C(=O)C1(CN)CCCC1. The molecule has 20 heavy (non-hydrogen) atoms. The van der Waals surface area contributed by atoms with Crippen molar-refractivity contribution in [1.29, 1.82) is 0 Å². The van der Waals surface area contributed by atoms with E-state index in [0.717, 1.165) is 45.2 Å². The highest BCUT2D eigenvalue weighted by Gasteiger charge is 2.42. The normalized spacial score (nSPS) is 17.6. The van der Waals surface area contributed by atoms with Crippen molar-refractivity contribution >= 4 is 5.91 Å². The molecule has 0 aliphatic heterocycles. The van der Waals surface area contributed by atoms with Crippen LogP contribution in [-0.4, -0.2) is 69.7 Å². The fraction of sp³-hybridized carbons (Fsp3) is 0.933. The van der Waals surface area contributed by atoms with Gasteiger partial charge in [-0.05, 0) is 39.9 Å². The molecular weight excluding hydrogens is 254 g/mol. The van der Waals surface area contributed by atoms with Crippen molar-refractivity contribution in [2.75, 3.05) is 54.0 Å². The number of ether oxygens (including phenoxy) is 1. The summed E-state index contributed by atoms with van der Waals surface area (Å²) in [6, 6.07) is 0. The van der Waals surface area contributed by atoms with Crippen LogP contribution < -0.4 is 5.73 Å². The van der Waals surface area contributed by atoms with Crippen molar-refractivity contribution in [2.24, 2.45) is 11.1 Å². The van der Waals surface area contributed by atoms with Gasteiger partial charge in [0.25, 0.3) is 0 Å². The van der Waals surface area contributed by atoms with E-state index in [1.165, 1.54) is 0 Å². The standard InChI is InChI=1S/C15H31N3O2/c1-17(2)9-6-10-18(11-12-20-3)14(19)15(13-16)7-4-5-8-15/h4-13,16H2,1-3H3. The first-order valence-electron chi connectivity index (χ1n) is 7.69.